The van der Waals surface area contributed by atoms with Crippen LogP contribution in [0.5, 0.6) is 0 Å². The Morgan fingerprint density at radius 1 is 1.00 bits per heavy atom. The van der Waals surface area contributed by atoms with Crippen molar-refractivity contribution in [2.75, 3.05) is 38.1 Å². The molecule has 0 aliphatic carbocycles. The topological polar surface area (TPSA) is 83.7 Å². The second-order valence-corrected chi connectivity index (χ2v) is 9.93. The van der Waals surface area contributed by atoms with Gasteiger partial charge in [0.25, 0.3) is 0 Å². The van der Waals surface area contributed by atoms with Crippen molar-refractivity contribution in [1.29, 1.82) is 0 Å². The van der Waals surface area contributed by atoms with Crippen LogP contribution in [0.2, 0.25) is 0 Å². The molecule has 0 unspecified atom stereocenters. The van der Waals surface area contributed by atoms with Gasteiger partial charge >= 0.3 is 5.97 Å². The number of aromatic nitrogens is 2. The number of anilines is 1. The van der Waals surface area contributed by atoms with Gasteiger partial charge in [-0.15, -0.1) is 0 Å². The number of esters is 1. The molecule has 0 radical (unpaired) electrons. The van der Waals surface area contributed by atoms with E-state index in [4.69, 9.17) is 19.1 Å². The summed E-state index contributed by atoms with van der Waals surface area (Å²) in [5.74, 6) is 2.22. The van der Waals surface area contributed by atoms with E-state index >= 15 is 0 Å². The Morgan fingerprint density at radius 3 is 2.43 bits per heavy atom. The predicted octanol–water partition coefficient (Wildman–Crippen LogP) is 4.69. The Hall–Kier alpha value is -3.49. The molecule has 0 amide bonds. The van der Waals surface area contributed by atoms with Crippen molar-refractivity contribution in [3.8, 4) is 0 Å². The normalized spacial score (nSPS) is 15.9. The minimum atomic E-state index is -0.479. The van der Waals surface area contributed by atoms with Gasteiger partial charge < -0.3 is 14.5 Å². The number of hydrogen-bond acceptors (Lipinski definition) is 8. The third-order valence-electron chi connectivity index (χ3n) is 6.83. The highest BCUT2D eigenvalue weighted by atomic mass is 16.5. The lowest BCUT2D eigenvalue weighted by Gasteiger charge is -2.33. The average Bonchev–Trinajstić information content (AvgIpc) is 3.30. The molecule has 0 bridgehead atoms. The van der Waals surface area contributed by atoms with Crippen LogP contribution in [0, 0.1) is 5.92 Å². The van der Waals surface area contributed by atoms with Crippen molar-refractivity contribution < 1.29 is 13.9 Å². The van der Waals surface area contributed by atoms with Crippen molar-refractivity contribution in [3.05, 3.63) is 66.2 Å². The van der Waals surface area contributed by atoms with Crippen LogP contribution in [0.1, 0.15) is 32.4 Å². The fourth-order valence-corrected chi connectivity index (χ4v) is 4.82. The van der Waals surface area contributed by atoms with E-state index in [-0.39, 0.29) is 11.9 Å². The van der Waals surface area contributed by atoms with Crippen LogP contribution in [0.15, 0.2) is 59.0 Å². The van der Waals surface area contributed by atoms with E-state index in [0.717, 1.165) is 66.2 Å². The molecule has 1 aliphatic heterocycles. The number of carbonyl (C=O) groups is 1. The number of rotatable bonds is 9. The summed E-state index contributed by atoms with van der Waals surface area (Å²) in [4.78, 5) is 27.1. The Morgan fingerprint density at radius 2 is 1.70 bits per heavy atom. The molecule has 0 spiro atoms. The first-order valence-electron chi connectivity index (χ1n) is 13.1. The monoisotopic (exact) mass is 501 g/mol. The van der Waals surface area contributed by atoms with E-state index < -0.39 is 6.04 Å². The molecule has 1 aliphatic rings. The molecular weight excluding hydrogens is 466 g/mol. The molecule has 3 heterocycles. The van der Waals surface area contributed by atoms with Crippen molar-refractivity contribution in [3.63, 3.8) is 0 Å². The highest BCUT2D eigenvalue weighted by molar-refractivity contribution is 5.91. The molecule has 5 rings (SSSR count). The van der Waals surface area contributed by atoms with Crippen LogP contribution in [0.25, 0.3) is 21.9 Å². The molecule has 194 valence electrons. The molecule has 4 aromatic rings. The molecule has 2 aromatic carbocycles. The lowest BCUT2D eigenvalue weighted by atomic mass is 10.0. The standard InChI is InChI=1S/C29H35N5O3/c1-4-36-29(35)27(20(2)3)32-28-23-10-6-7-11-24(23)30-26(31-28)19-34-15-13-33(14-16-34)18-22-17-21-9-5-8-12-25(21)37-22/h5-12,17,20,27H,4,13-16,18-19H2,1-3H3,(H,30,31,32)/t27-/m0/s1. The van der Waals surface area contributed by atoms with E-state index in [1.165, 1.54) is 0 Å². The van der Waals surface area contributed by atoms with Gasteiger partial charge in [-0.05, 0) is 37.1 Å². The summed E-state index contributed by atoms with van der Waals surface area (Å²) in [5.41, 5.74) is 1.81. The highest BCUT2D eigenvalue weighted by Crippen LogP contribution is 2.24. The number of ether oxygens (including phenoxy) is 1. The van der Waals surface area contributed by atoms with Crippen LogP contribution in [0.3, 0.4) is 0 Å². The summed E-state index contributed by atoms with van der Waals surface area (Å²) < 4.78 is 11.3. The maximum atomic E-state index is 12.6. The summed E-state index contributed by atoms with van der Waals surface area (Å²) in [6, 6.07) is 17.7. The third-order valence-corrected chi connectivity index (χ3v) is 6.83. The zero-order chi connectivity index (χ0) is 25.8. The summed E-state index contributed by atoms with van der Waals surface area (Å²) in [7, 11) is 0. The number of benzene rings is 2. The molecule has 8 heteroatoms. The third kappa shape index (κ3) is 5.92. The summed E-state index contributed by atoms with van der Waals surface area (Å²) in [5, 5.41) is 5.42. The smallest absolute Gasteiger partial charge is 0.328 e. The Kier molecular flexibility index (Phi) is 7.67. The second-order valence-electron chi connectivity index (χ2n) is 9.93. The van der Waals surface area contributed by atoms with Gasteiger partial charge in [-0.2, -0.15) is 0 Å². The molecule has 2 aromatic heterocycles. The van der Waals surface area contributed by atoms with Gasteiger partial charge in [0.1, 0.15) is 29.0 Å². The largest absolute Gasteiger partial charge is 0.464 e. The molecule has 1 saturated heterocycles. The fraction of sp³-hybridized carbons (Fsp3) is 0.414. The van der Waals surface area contributed by atoms with Crippen molar-refractivity contribution in [2.24, 2.45) is 5.92 Å². The molecule has 1 fully saturated rings. The number of piperazine rings is 1. The first-order chi connectivity index (χ1) is 18.0. The first kappa shape index (κ1) is 25.2. The van der Waals surface area contributed by atoms with Gasteiger partial charge in [-0.1, -0.05) is 44.2 Å². The van der Waals surface area contributed by atoms with Gasteiger partial charge in [-0.3, -0.25) is 9.80 Å². The number of nitrogens with zero attached hydrogens (tertiary/aromatic N) is 4. The Bertz CT molecular complexity index is 1330. The molecule has 0 saturated carbocycles. The van der Waals surface area contributed by atoms with Crippen LogP contribution in [-0.4, -0.2) is 64.6 Å². The molecule has 1 N–H and O–H groups in total. The maximum Gasteiger partial charge on any atom is 0.328 e. The van der Waals surface area contributed by atoms with Gasteiger partial charge in [0, 0.05) is 37.0 Å². The van der Waals surface area contributed by atoms with Crippen LogP contribution in [-0.2, 0) is 22.6 Å². The van der Waals surface area contributed by atoms with E-state index in [0.29, 0.717) is 19.0 Å². The van der Waals surface area contributed by atoms with Crippen molar-refractivity contribution in [2.45, 2.75) is 39.9 Å². The minimum Gasteiger partial charge on any atom is -0.464 e. The summed E-state index contributed by atoms with van der Waals surface area (Å²) in [6.45, 7) is 11.4. The van der Waals surface area contributed by atoms with Gasteiger partial charge in [0.15, 0.2) is 0 Å². The van der Waals surface area contributed by atoms with Gasteiger partial charge in [-0.25, -0.2) is 14.8 Å². The predicted molar refractivity (Wildman–Crippen MR) is 145 cm³/mol. The van der Waals surface area contributed by atoms with Crippen LogP contribution in [0.4, 0.5) is 5.82 Å². The number of carbonyl (C=O) groups excluding carboxylic acids is 1. The van der Waals surface area contributed by atoms with Crippen LogP contribution >= 0.6 is 0 Å². The first-order valence-corrected chi connectivity index (χ1v) is 13.1. The molecule has 8 nitrogen and oxygen atoms in total. The summed E-state index contributed by atoms with van der Waals surface area (Å²) in [6.07, 6.45) is 0. The zero-order valence-electron chi connectivity index (χ0n) is 21.8. The van der Waals surface area contributed by atoms with Gasteiger partial charge in [0.2, 0.25) is 0 Å². The average molecular weight is 502 g/mol. The van der Waals surface area contributed by atoms with E-state index in [9.17, 15) is 4.79 Å². The van der Waals surface area contributed by atoms with Crippen molar-refractivity contribution in [1.82, 2.24) is 19.8 Å². The fourth-order valence-electron chi connectivity index (χ4n) is 4.82. The lowest BCUT2D eigenvalue weighted by Crippen LogP contribution is -2.45. The lowest BCUT2D eigenvalue weighted by molar-refractivity contribution is -0.145. The maximum absolute atomic E-state index is 12.6. The van der Waals surface area contributed by atoms with E-state index in [1.54, 1.807) is 0 Å². The number of hydrogen-bond donors (Lipinski definition) is 1. The Labute approximate surface area is 217 Å². The van der Waals surface area contributed by atoms with E-state index in [2.05, 4.69) is 27.2 Å². The van der Waals surface area contributed by atoms with E-state index in [1.807, 2.05) is 63.2 Å². The number of para-hydroxylation sites is 2. The number of furan rings is 1. The summed E-state index contributed by atoms with van der Waals surface area (Å²) >= 11 is 0. The highest BCUT2D eigenvalue weighted by Gasteiger charge is 2.25. The minimum absolute atomic E-state index is 0.0519. The molecule has 1 atom stereocenters. The Balaban J connectivity index is 1.26. The van der Waals surface area contributed by atoms with Crippen molar-refractivity contribution >= 4 is 33.7 Å². The quantitative estimate of drug-likeness (QED) is 0.331. The van der Waals surface area contributed by atoms with Gasteiger partial charge in [0.05, 0.1) is 25.2 Å². The molecule has 37 heavy (non-hydrogen) atoms. The SMILES string of the molecule is CCOC(=O)[C@@H](Nc1nc(CN2CCN(Cc3cc4ccccc4o3)CC2)nc2ccccc12)C(C)C. The number of fused-ring (bicyclic) bond motifs is 2. The zero-order valence-corrected chi connectivity index (χ0v) is 21.8. The molecular formula is C29H35N5O3. The second kappa shape index (κ2) is 11.3. The van der Waals surface area contributed by atoms with Crippen LogP contribution < -0.4 is 5.32 Å². The number of nitrogens with one attached hydrogen (secondary N) is 1.